The van der Waals surface area contributed by atoms with Crippen molar-refractivity contribution in [2.24, 2.45) is 0 Å². The Hall–Kier alpha value is -1.09. The van der Waals surface area contributed by atoms with Crippen molar-refractivity contribution in [3.8, 4) is 5.75 Å². The van der Waals surface area contributed by atoms with E-state index in [9.17, 15) is 4.39 Å². The Morgan fingerprint density at radius 1 is 1.44 bits per heavy atom. The van der Waals surface area contributed by atoms with Crippen LogP contribution in [0.5, 0.6) is 5.75 Å². The summed E-state index contributed by atoms with van der Waals surface area (Å²) in [6, 6.07) is 3.27. The molecule has 0 amide bonds. The molecule has 1 aromatic rings. The average Bonchev–Trinajstić information content (AvgIpc) is 2.59. The highest BCUT2D eigenvalue weighted by Crippen LogP contribution is 2.40. The van der Waals surface area contributed by atoms with Crippen molar-refractivity contribution >= 4 is 0 Å². The fraction of sp³-hybridized carbons (Fsp3) is 0.538. The summed E-state index contributed by atoms with van der Waals surface area (Å²) in [4.78, 5) is 0. The quantitative estimate of drug-likeness (QED) is 0.850. The fourth-order valence-electron chi connectivity index (χ4n) is 2.19. The molecule has 0 saturated heterocycles. The van der Waals surface area contributed by atoms with E-state index in [1.165, 1.54) is 6.07 Å². The number of rotatable bonds is 3. The summed E-state index contributed by atoms with van der Waals surface area (Å²) in [7, 11) is 0. The van der Waals surface area contributed by atoms with Gasteiger partial charge in [-0.05, 0) is 38.4 Å². The minimum Gasteiger partial charge on any atom is -0.488 e. The highest BCUT2D eigenvalue weighted by molar-refractivity contribution is 5.47. The summed E-state index contributed by atoms with van der Waals surface area (Å²) in [5.74, 6) is 0.555. The molecule has 1 heterocycles. The minimum atomic E-state index is -0.168. The maximum atomic E-state index is 13.8. The molecule has 0 fully saturated rings. The molecule has 3 heteroatoms. The van der Waals surface area contributed by atoms with Crippen molar-refractivity contribution in [1.82, 2.24) is 5.32 Å². The van der Waals surface area contributed by atoms with Crippen LogP contribution < -0.4 is 10.1 Å². The van der Waals surface area contributed by atoms with Gasteiger partial charge in [-0.15, -0.1) is 0 Å². The number of nitrogens with one attached hydrogen (secondary N) is 1. The van der Waals surface area contributed by atoms with Gasteiger partial charge < -0.3 is 10.1 Å². The number of benzene rings is 1. The summed E-state index contributed by atoms with van der Waals surface area (Å²) in [6.07, 6.45) is 1.03. The summed E-state index contributed by atoms with van der Waals surface area (Å²) in [6.45, 7) is 6.91. The Bertz CT molecular complexity index is 392. The van der Waals surface area contributed by atoms with Gasteiger partial charge in [0.15, 0.2) is 0 Å². The van der Waals surface area contributed by atoms with Gasteiger partial charge in [-0.1, -0.05) is 13.0 Å². The van der Waals surface area contributed by atoms with E-state index in [0.717, 1.165) is 24.3 Å². The average molecular weight is 223 g/mol. The number of fused-ring (bicyclic) bond motifs is 1. The van der Waals surface area contributed by atoms with Gasteiger partial charge in [0.05, 0.1) is 11.6 Å². The van der Waals surface area contributed by atoms with Crippen molar-refractivity contribution in [1.29, 1.82) is 0 Å². The number of halogens is 1. The van der Waals surface area contributed by atoms with E-state index in [1.807, 2.05) is 13.8 Å². The molecule has 2 rings (SSSR count). The van der Waals surface area contributed by atoms with Gasteiger partial charge in [0.25, 0.3) is 0 Å². The third-order valence-electron chi connectivity index (χ3n) is 3.04. The van der Waals surface area contributed by atoms with Crippen LogP contribution in [0.25, 0.3) is 0 Å². The summed E-state index contributed by atoms with van der Waals surface area (Å²) in [5.41, 5.74) is 1.70. The Balaban J connectivity index is 2.35. The molecular formula is C13H18FNO. The van der Waals surface area contributed by atoms with Gasteiger partial charge in [-0.3, -0.25) is 0 Å². The SMILES string of the molecule is CCCNC1c2c(F)ccc(C)c2OC1C. The molecule has 16 heavy (non-hydrogen) atoms. The molecule has 1 aliphatic heterocycles. The molecule has 88 valence electrons. The van der Waals surface area contributed by atoms with E-state index in [1.54, 1.807) is 6.07 Å². The molecule has 2 nitrogen and oxygen atoms in total. The number of ether oxygens (including phenoxy) is 1. The number of aryl methyl sites for hydroxylation is 1. The van der Waals surface area contributed by atoms with Crippen LogP contribution in [0.3, 0.4) is 0 Å². The molecule has 2 atom stereocenters. The lowest BCUT2D eigenvalue weighted by atomic mass is 10.0. The van der Waals surface area contributed by atoms with Crippen LogP contribution in [0.2, 0.25) is 0 Å². The van der Waals surface area contributed by atoms with Crippen LogP contribution in [0.4, 0.5) is 4.39 Å². The molecule has 0 bridgehead atoms. The standard InChI is InChI=1S/C13H18FNO/c1-4-7-15-12-9(3)16-13-8(2)5-6-10(14)11(12)13/h5-6,9,12,15H,4,7H2,1-3H3. The lowest BCUT2D eigenvalue weighted by Gasteiger charge is -2.16. The molecule has 2 unspecified atom stereocenters. The first-order valence-corrected chi connectivity index (χ1v) is 5.84. The van der Waals surface area contributed by atoms with E-state index >= 15 is 0 Å². The third kappa shape index (κ3) is 1.80. The molecule has 1 aromatic carbocycles. The van der Waals surface area contributed by atoms with Crippen LogP contribution in [0.15, 0.2) is 12.1 Å². The van der Waals surface area contributed by atoms with Crippen LogP contribution in [0.1, 0.15) is 37.4 Å². The number of hydrogen-bond donors (Lipinski definition) is 1. The van der Waals surface area contributed by atoms with Crippen LogP contribution >= 0.6 is 0 Å². The van der Waals surface area contributed by atoms with E-state index in [0.29, 0.717) is 5.56 Å². The zero-order valence-electron chi connectivity index (χ0n) is 10.0. The monoisotopic (exact) mass is 223 g/mol. The Morgan fingerprint density at radius 3 is 2.88 bits per heavy atom. The summed E-state index contributed by atoms with van der Waals surface area (Å²) in [5, 5.41) is 3.34. The topological polar surface area (TPSA) is 21.3 Å². The molecule has 1 aliphatic rings. The largest absolute Gasteiger partial charge is 0.488 e. The van der Waals surface area contributed by atoms with E-state index in [-0.39, 0.29) is 18.0 Å². The maximum Gasteiger partial charge on any atom is 0.131 e. The van der Waals surface area contributed by atoms with Gasteiger partial charge in [0.2, 0.25) is 0 Å². The second-order valence-electron chi connectivity index (χ2n) is 4.36. The van der Waals surface area contributed by atoms with Gasteiger partial charge in [0, 0.05) is 0 Å². The second-order valence-corrected chi connectivity index (χ2v) is 4.36. The van der Waals surface area contributed by atoms with E-state index < -0.39 is 0 Å². The van der Waals surface area contributed by atoms with E-state index in [4.69, 9.17) is 4.74 Å². The molecule has 0 aliphatic carbocycles. The first-order chi connectivity index (χ1) is 7.65. The van der Waals surface area contributed by atoms with Gasteiger partial charge in [-0.25, -0.2) is 4.39 Å². The smallest absolute Gasteiger partial charge is 0.131 e. The van der Waals surface area contributed by atoms with Crippen molar-refractivity contribution in [2.45, 2.75) is 39.3 Å². The Labute approximate surface area is 95.8 Å². The maximum absolute atomic E-state index is 13.8. The highest BCUT2D eigenvalue weighted by Gasteiger charge is 2.34. The second kappa shape index (κ2) is 4.42. The molecule has 0 aromatic heterocycles. The van der Waals surface area contributed by atoms with Crippen LogP contribution in [0, 0.1) is 12.7 Å². The van der Waals surface area contributed by atoms with E-state index in [2.05, 4.69) is 12.2 Å². The Morgan fingerprint density at radius 2 is 2.19 bits per heavy atom. The normalized spacial score (nSPS) is 23.0. The molecular weight excluding hydrogens is 205 g/mol. The summed E-state index contributed by atoms with van der Waals surface area (Å²) >= 11 is 0. The fourth-order valence-corrected chi connectivity index (χ4v) is 2.19. The zero-order chi connectivity index (χ0) is 11.7. The predicted octanol–water partition coefficient (Wildman–Crippen LogP) is 2.96. The van der Waals surface area contributed by atoms with Crippen molar-refractivity contribution in [2.75, 3.05) is 6.54 Å². The van der Waals surface area contributed by atoms with Gasteiger partial charge in [0.1, 0.15) is 17.7 Å². The van der Waals surface area contributed by atoms with Crippen molar-refractivity contribution in [3.63, 3.8) is 0 Å². The zero-order valence-corrected chi connectivity index (χ0v) is 10.0. The van der Waals surface area contributed by atoms with Gasteiger partial charge >= 0.3 is 0 Å². The predicted molar refractivity (Wildman–Crippen MR) is 62.3 cm³/mol. The Kier molecular flexibility index (Phi) is 3.15. The van der Waals surface area contributed by atoms with Gasteiger partial charge in [-0.2, -0.15) is 0 Å². The van der Waals surface area contributed by atoms with Crippen LogP contribution in [-0.4, -0.2) is 12.6 Å². The van der Waals surface area contributed by atoms with Crippen molar-refractivity contribution < 1.29 is 9.13 Å². The van der Waals surface area contributed by atoms with Crippen molar-refractivity contribution in [3.05, 3.63) is 29.1 Å². The highest BCUT2D eigenvalue weighted by atomic mass is 19.1. The lowest BCUT2D eigenvalue weighted by molar-refractivity contribution is 0.208. The molecule has 0 spiro atoms. The molecule has 1 N–H and O–H groups in total. The third-order valence-corrected chi connectivity index (χ3v) is 3.04. The lowest BCUT2D eigenvalue weighted by Crippen LogP contribution is -2.29. The summed E-state index contributed by atoms with van der Waals surface area (Å²) < 4.78 is 19.5. The first-order valence-electron chi connectivity index (χ1n) is 5.84. The molecule has 0 radical (unpaired) electrons. The molecule has 0 saturated carbocycles. The number of hydrogen-bond acceptors (Lipinski definition) is 2. The first kappa shape index (κ1) is 11.4. The minimum absolute atomic E-state index is 0.00264. The van der Waals surface area contributed by atoms with Crippen LogP contribution in [-0.2, 0) is 0 Å².